The van der Waals surface area contributed by atoms with Gasteiger partial charge in [0.25, 0.3) is 0 Å². The predicted octanol–water partition coefficient (Wildman–Crippen LogP) is 2.51. The Hall–Kier alpha value is -0.570. The first kappa shape index (κ1) is 11.9. The van der Waals surface area contributed by atoms with E-state index in [1.54, 1.807) is 0 Å². The number of nitrogens with zero attached hydrogens (tertiary/aromatic N) is 1. The quantitative estimate of drug-likeness (QED) is 0.799. The highest BCUT2D eigenvalue weighted by Crippen LogP contribution is 2.57. The molecule has 0 aromatic rings. The minimum absolute atomic E-state index is 0.126. The molecule has 3 heteroatoms. The van der Waals surface area contributed by atoms with Gasteiger partial charge in [0.05, 0.1) is 6.42 Å². The first-order valence-corrected chi connectivity index (χ1v) is 6.45. The molecule has 1 aliphatic heterocycles. The van der Waals surface area contributed by atoms with E-state index >= 15 is 0 Å². The van der Waals surface area contributed by atoms with Gasteiger partial charge in [0.15, 0.2) is 0 Å². The molecule has 3 nitrogen and oxygen atoms in total. The van der Waals surface area contributed by atoms with Gasteiger partial charge in [-0.2, -0.15) is 0 Å². The lowest BCUT2D eigenvalue weighted by atomic mass is 9.78. The number of carbonyl (C=O) groups is 1. The summed E-state index contributed by atoms with van der Waals surface area (Å²) in [6.07, 6.45) is 6.43. The molecule has 1 atom stereocenters. The Morgan fingerprint density at radius 3 is 2.31 bits per heavy atom. The second kappa shape index (κ2) is 4.02. The third-order valence-electron chi connectivity index (χ3n) is 4.85. The molecular formula is C13H23NO2. The maximum Gasteiger partial charge on any atom is 0.305 e. The van der Waals surface area contributed by atoms with Gasteiger partial charge in [-0.25, -0.2) is 0 Å². The van der Waals surface area contributed by atoms with Gasteiger partial charge in [-0.3, -0.25) is 9.69 Å². The Balaban J connectivity index is 2.15. The number of rotatable bonds is 4. The lowest BCUT2D eigenvalue weighted by Gasteiger charge is -2.47. The third kappa shape index (κ3) is 1.97. The molecule has 1 saturated heterocycles. The van der Waals surface area contributed by atoms with E-state index in [-0.39, 0.29) is 11.0 Å². The monoisotopic (exact) mass is 225 g/mol. The summed E-state index contributed by atoms with van der Waals surface area (Å²) in [7, 11) is 0. The Kier molecular flexibility index (Phi) is 2.99. The van der Waals surface area contributed by atoms with E-state index in [0.29, 0.717) is 6.42 Å². The summed E-state index contributed by atoms with van der Waals surface area (Å²) >= 11 is 0. The molecule has 1 saturated carbocycles. The van der Waals surface area contributed by atoms with Crippen LogP contribution in [0.3, 0.4) is 0 Å². The van der Waals surface area contributed by atoms with Crippen molar-refractivity contribution in [1.82, 2.24) is 4.90 Å². The number of hydrogen-bond donors (Lipinski definition) is 1. The van der Waals surface area contributed by atoms with E-state index < -0.39 is 5.97 Å². The molecule has 0 bridgehead atoms. The van der Waals surface area contributed by atoms with Gasteiger partial charge in [-0.1, -0.05) is 13.3 Å². The van der Waals surface area contributed by atoms with Crippen LogP contribution in [0.15, 0.2) is 0 Å². The molecule has 1 unspecified atom stereocenters. The Bertz CT molecular complexity index is 280. The van der Waals surface area contributed by atoms with Crippen molar-refractivity contribution in [3.63, 3.8) is 0 Å². The zero-order valence-corrected chi connectivity index (χ0v) is 10.5. The highest BCUT2D eigenvalue weighted by atomic mass is 16.4. The van der Waals surface area contributed by atoms with Crippen molar-refractivity contribution in [3.05, 3.63) is 0 Å². The predicted molar refractivity (Wildman–Crippen MR) is 63.4 cm³/mol. The highest BCUT2D eigenvalue weighted by molar-refractivity contribution is 5.68. The average Bonchev–Trinajstić information content (AvgIpc) is 2.98. The molecule has 16 heavy (non-hydrogen) atoms. The van der Waals surface area contributed by atoms with Crippen molar-refractivity contribution < 1.29 is 9.90 Å². The van der Waals surface area contributed by atoms with Gasteiger partial charge in [0, 0.05) is 5.54 Å². The van der Waals surface area contributed by atoms with Crippen molar-refractivity contribution in [2.24, 2.45) is 5.41 Å². The van der Waals surface area contributed by atoms with Gasteiger partial charge in [0.1, 0.15) is 0 Å². The number of aliphatic carboxylic acids is 1. The highest BCUT2D eigenvalue weighted by Gasteiger charge is 2.56. The number of carboxylic acids is 1. The summed E-state index contributed by atoms with van der Waals surface area (Å²) in [4.78, 5) is 13.5. The van der Waals surface area contributed by atoms with Crippen LogP contribution in [-0.2, 0) is 4.79 Å². The largest absolute Gasteiger partial charge is 0.481 e. The van der Waals surface area contributed by atoms with Crippen LogP contribution in [0.5, 0.6) is 0 Å². The third-order valence-corrected chi connectivity index (χ3v) is 4.85. The first-order chi connectivity index (χ1) is 7.48. The Morgan fingerprint density at radius 1 is 1.31 bits per heavy atom. The molecule has 0 spiro atoms. The second-order valence-corrected chi connectivity index (χ2v) is 5.95. The number of piperidine rings is 1. The molecule has 0 aromatic carbocycles. The fourth-order valence-electron chi connectivity index (χ4n) is 3.11. The van der Waals surface area contributed by atoms with Crippen LogP contribution in [-0.4, -0.2) is 34.6 Å². The number of hydrogen-bond acceptors (Lipinski definition) is 2. The zero-order chi connectivity index (χ0) is 11.8. The van der Waals surface area contributed by atoms with E-state index in [4.69, 9.17) is 5.11 Å². The van der Waals surface area contributed by atoms with E-state index in [0.717, 1.165) is 13.1 Å². The van der Waals surface area contributed by atoms with Crippen LogP contribution >= 0.6 is 0 Å². The summed E-state index contributed by atoms with van der Waals surface area (Å²) in [5.41, 5.74) is 0.113. The van der Waals surface area contributed by atoms with E-state index in [1.165, 1.54) is 32.1 Å². The minimum Gasteiger partial charge on any atom is -0.481 e. The molecule has 0 radical (unpaired) electrons. The molecule has 0 aromatic heterocycles. The summed E-state index contributed by atoms with van der Waals surface area (Å²) in [6, 6.07) is 0. The first-order valence-electron chi connectivity index (χ1n) is 6.45. The second-order valence-electron chi connectivity index (χ2n) is 5.95. The van der Waals surface area contributed by atoms with Crippen molar-refractivity contribution >= 4 is 5.97 Å². The zero-order valence-electron chi connectivity index (χ0n) is 10.5. The van der Waals surface area contributed by atoms with Crippen molar-refractivity contribution in [2.45, 2.75) is 57.9 Å². The molecule has 0 amide bonds. The number of likely N-dealkylation sites (tertiary alicyclic amines) is 1. The van der Waals surface area contributed by atoms with Gasteiger partial charge in [-0.15, -0.1) is 0 Å². The van der Waals surface area contributed by atoms with Crippen molar-refractivity contribution in [2.75, 3.05) is 13.1 Å². The smallest absolute Gasteiger partial charge is 0.305 e. The molecule has 2 aliphatic rings. The molecule has 2 fully saturated rings. The van der Waals surface area contributed by atoms with E-state index in [2.05, 4.69) is 18.7 Å². The summed E-state index contributed by atoms with van der Waals surface area (Å²) in [5.74, 6) is -0.652. The molecule has 1 N–H and O–H groups in total. The van der Waals surface area contributed by atoms with E-state index in [1.807, 2.05) is 0 Å². The van der Waals surface area contributed by atoms with Crippen LogP contribution in [0.2, 0.25) is 0 Å². The molecular weight excluding hydrogens is 202 g/mol. The normalized spacial score (nSPS) is 28.4. The van der Waals surface area contributed by atoms with Crippen LogP contribution in [0.25, 0.3) is 0 Å². The summed E-state index contributed by atoms with van der Waals surface area (Å²) in [5, 5.41) is 9.14. The van der Waals surface area contributed by atoms with Gasteiger partial charge in [-0.05, 0) is 51.1 Å². The Labute approximate surface area is 97.8 Å². The van der Waals surface area contributed by atoms with Gasteiger partial charge >= 0.3 is 5.97 Å². The van der Waals surface area contributed by atoms with E-state index in [9.17, 15) is 4.79 Å². The Morgan fingerprint density at radius 2 is 1.88 bits per heavy atom. The van der Waals surface area contributed by atoms with Crippen LogP contribution in [0.4, 0.5) is 0 Å². The minimum atomic E-state index is -0.652. The van der Waals surface area contributed by atoms with Gasteiger partial charge in [0.2, 0.25) is 0 Å². The number of carboxylic acid groups (broad SMARTS) is 1. The lowest BCUT2D eigenvalue weighted by molar-refractivity contribution is -0.142. The van der Waals surface area contributed by atoms with Crippen LogP contribution in [0.1, 0.15) is 52.4 Å². The standard InChI is InChI=1S/C13H23NO2/c1-12(6-7-12)13(2,10-11(15)16)14-8-4-3-5-9-14/h3-10H2,1-2H3,(H,15,16). The summed E-state index contributed by atoms with van der Waals surface area (Å²) in [6.45, 7) is 6.59. The maximum absolute atomic E-state index is 11.1. The fraction of sp³-hybridized carbons (Fsp3) is 0.923. The maximum atomic E-state index is 11.1. The van der Waals surface area contributed by atoms with Crippen LogP contribution in [0, 0.1) is 5.41 Å². The molecule has 92 valence electrons. The molecule has 2 rings (SSSR count). The SMILES string of the molecule is CC1(C(C)(CC(=O)O)N2CCCCC2)CC1. The molecule has 1 heterocycles. The van der Waals surface area contributed by atoms with Gasteiger partial charge < -0.3 is 5.11 Å². The lowest BCUT2D eigenvalue weighted by Crippen LogP contribution is -2.55. The summed E-state index contributed by atoms with van der Waals surface area (Å²) < 4.78 is 0. The van der Waals surface area contributed by atoms with Crippen molar-refractivity contribution in [1.29, 1.82) is 0 Å². The van der Waals surface area contributed by atoms with Crippen molar-refractivity contribution in [3.8, 4) is 0 Å². The van der Waals surface area contributed by atoms with Crippen LogP contribution < -0.4 is 0 Å². The molecule has 1 aliphatic carbocycles. The fourth-order valence-corrected chi connectivity index (χ4v) is 3.11. The topological polar surface area (TPSA) is 40.5 Å². The average molecular weight is 225 g/mol.